The number of aliphatic hydroxyl groups is 3. The van der Waals surface area contributed by atoms with Crippen molar-refractivity contribution in [3.05, 3.63) is 48.0 Å². The summed E-state index contributed by atoms with van der Waals surface area (Å²) in [5.41, 5.74) is 1.92. The molecule has 46 heavy (non-hydrogen) atoms. The summed E-state index contributed by atoms with van der Waals surface area (Å²) in [4.78, 5) is 27.8. The number of benzene rings is 1. The van der Waals surface area contributed by atoms with Gasteiger partial charge in [-0.05, 0) is 24.1 Å². The van der Waals surface area contributed by atoms with Crippen molar-refractivity contribution in [2.75, 3.05) is 62.9 Å². The highest BCUT2D eigenvalue weighted by molar-refractivity contribution is 5.85. The van der Waals surface area contributed by atoms with Crippen LogP contribution in [0.15, 0.2) is 36.7 Å². The minimum Gasteiger partial charge on any atom is -0.483 e. The van der Waals surface area contributed by atoms with Crippen LogP contribution >= 0.6 is 0 Å². The standard InChI is InChI=1S/C27H37N11O5.CH2O2/c1-2-38-33-23(32-34-38)22-20(40)21(41)26(43-22)37-16-29-19-24(36(17-39)10-8-18-6-4-3-5-7-18)30-27(31-25(19)37)28-9-11-35-12-14-42-15-13-35;2-1-3/h3-7,16,20-22,26,39-41H,2,8-15,17H2,1H3,(H,28,30,31);1H,(H,2,3)/t20-,21+,22-,26+;/m0./s1. The van der Waals surface area contributed by atoms with E-state index in [1.807, 2.05) is 37.3 Å². The van der Waals surface area contributed by atoms with Crippen LogP contribution in [0, 0.1) is 0 Å². The predicted molar refractivity (Wildman–Crippen MR) is 163 cm³/mol. The summed E-state index contributed by atoms with van der Waals surface area (Å²) < 4.78 is 13.1. The first-order chi connectivity index (χ1) is 22.5. The quantitative estimate of drug-likeness (QED) is 0.0950. The van der Waals surface area contributed by atoms with Gasteiger partial charge in [-0.25, -0.2) is 4.98 Å². The molecule has 248 valence electrons. The van der Waals surface area contributed by atoms with Gasteiger partial charge in [0.05, 0.1) is 26.1 Å². The fraction of sp³-hybridized carbons (Fsp3) is 0.536. The molecule has 2 aliphatic rings. The number of hydrogen-bond donors (Lipinski definition) is 5. The van der Waals surface area contributed by atoms with Crippen LogP contribution < -0.4 is 10.2 Å². The van der Waals surface area contributed by atoms with E-state index in [1.165, 1.54) is 11.1 Å². The lowest BCUT2D eigenvalue weighted by atomic mass is 10.1. The lowest BCUT2D eigenvalue weighted by molar-refractivity contribution is -0.122. The first kappa shape index (κ1) is 33.0. The molecule has 4 atom stereocenters. The lowest BCUT2D eigenvalue weighted by Crippen LogP contribution is -2.39. The number of morpholine rings is 1. The van der Waals surface area contributed by atoms with Crippen molar-refractivity contribution in [3.63, 3.8) is 0 Å². The Morgan fingerprint density at radius 2 is 1.89 bits per heavy atom. The van der Waals surface area contributed by atoms with Gasteiger partial charge in [-0.15, -0.1) is 10.2 Å². The van der Waals surface area contributed by atoms with Gasteiger partial charge >= 0.3 is 0 Å². The first-order valence-electron chi connectivity index (χ1n) is 15.0. The van der Waals surface area contributed by atoms with Crippen LogP contribution in [-0.4, -0.2) is 136 Å². The molecule has 0 saturated carbocycles. The molecule has 5 heterocycles. The smallest absolute Gasteiger partial charge is 0.290 e. The molecule has 3 aromatic heterocycles. The number of anilines is 2. The van der Waals surface area contributed by atoms with Crippen LogP contribution in [-0.2, 0) is 27.2 Å². The van der Waals surface area contributed by atoms with E-state index in [0.717, 1.165) is 25.2 Å². The molecule has 4 aromatic rings. The van der Waals surface area contributed by atoms with Gasteiger partial charge in [-0.3, -0.25) is 14.3 Å². The van der Waals surface area contributed by atoms with Crippen molar-refractivity contribution in [1.29, 1.82) is 0 Å². The van der Waals surface area contributed by atoms with E-state index in [-0.39, 0.29) is 19.0 Å². The van der Waals surface area contributed by atoms with Crippen LogP contribution in [0.2, 0.25) is 0 Å². The minimum absolute atomic E-state index is 0.175. The molecule has 18 nitrogen and oxygen atoms in total. The average Bonchev–Trinajstić information content (AvgIpc) is 3.80. The number of nitrogens with zero attached hydrogens (tertiary/aromatic N) is 10. The Morgan fingerprint density at radius 1 is 1.13 bits per heavy atom. The molecule has 0 spiro atoms. The molecule has 0 amide bonds. The van der Waals surface area contributed by atoms with E-state index in [4.69, 9.17) is 29.3 Å². The van der Waals surface area contributed by atoms with Crippen LogP contribution in [0.3, 0.4) is 0 Å². The van der Waals surface area contributed by atoms with E-state index in [2.05, 4.69) is 30.6 Å². The van der Waals surface area contributed by atoms with Crippen molar-refractivity contribution >= 4 is 29.4 Å². The molecule has 2 fully saturated rings. The summed E-state index contributed by atoms with van der Waals surface area (Å²) in [6.45, 7) is 6.81. The molecule has 6 rings (SSSR count). The molecule has 18 heteroatoms. The maximum absolute atomic E-state index is 11.0. The summed E-state index contributed by atoms with van der Waals surface area (Å²) in [5.74, 6) is 0.953. The van der Waals surface area contributed by atoms with E-state index < -0.39 is 24.5 Å². The first-order valence-corrected chi connectivity index (χ1v) is 15.0. The van der Waals surface area contributed by atoms with Crippen LogP contribution in [0.4, 0.5) is 11.8 Å². The summed E-state index contributed by atoms with van der Waals surface area (Å²) in [6, 6.07) is 9.99. The Balaban J connectivity index is 0.00000134. The molecule has 5 N–H and O–H groups in total. The van der Waals surface area contributed by atoms with Crippen LogP contribution in [0.25, 0.3) is 11.2 Å². The number of hydrogen-bond acceptors (Lipinski definition) is 15. The zero-order valence-electron chi connectivity index (χ0n) is 25.4. The number of imidazole rings is 1. The maximum Gasteiger partial charge on any atom is 0.290 e. The fourth-order valence-electron chi connectivity index (χ4n) is 5.30. The van der Waals surface area contributed by atoms with Gasteiger partial charge in [0.1, 0.15) is 18.9 Å². The van der Waals surface area contributed by atoms with Crippen LogP contribution in [0.1, 0.15) is 30.6 Å². The molecule has 0 unspecified atom stereocenters. The molecule has 0 bridgehead atoms. The monoisotopic (exact) mass is 641 g/mol. The summed E-state index contributed by atoms with van der Waals surface area (Å²) in [5, 5.41) is 54.7. The Hall–Kier alpha value is -4.33. The highest BCUT2D eigenvalue weighted by Gasteiger charge is 2.47. The van der Waals surface area contributed by atoms with Crippen molar-refractivity contribution in [3.8, 4) is 0 Å². The molecule has 2 aliphatic heterocycles. The van der Waals surface area contributed by atoms with Crippen LogP contribution in [0.5, 0.6) is 0 Å². The Labute approximate surface area is 264 Å². The molecule has 0 radical (unpaired) electrons. The number of nitrogens with one attached hydrogen (secondary N) is 1. The zero-order valence-corrected chi connectivity index (χ0v) is 25.4. The highest BCUT2D eigenvalue weighted by atomic mass is 16.6. The second-order valence-corrected chi connectivity index (χ2v) is 10.6. The van der Waals surface area contributed by atoms with Crippen molar-refractivity contribution in [1.82, 2.24) is 44.6 Å². The van der Waals surface area contributed by atoms with E-state index in [0.29, 0.717) is 62.2 Å². The number of fused-ring (bicyclic) bond motifs is 1. The third-order valence-electron chi connectivity index (χ3n) is 7.72. The predicted octanol–water partition coefficient (Wildman–Crippen LogP) is -0.732. The van der Waals surface area contributed by atoms with Crippen molar-refractivity contribution < 1.29 is 34.7 Å². The second kappa shape index (κ2) is 15.8. The normalized spacial score (nSPS) is 21.6. The maximum atomic E-state index is 11.0. The number of aryl methyl sites for hydroxylation is 1. The van der Waals surface area contributed by atoms with Gasteiger partial charge in [0.2, 0.25) is 11.8 Å². The molecule has 0 aliphatic carbocycles. The fourth-order valence-corrected chi connectivity index (χ4v) is 5.30. The number of aliphatic hydroxyl groups excluding tert-OH is 3. The number of tetrazole rings is 1. The SMILES string of the molecule is CCn1nnc([C@H]2O[C@@H](n3cnc4c(N(CO)CCc5ccccc5)nc(NCCN5CCOCC5)nc43)[C@H](O)[C@@H]2O)n1.O=CO. The Bertz CT molecular complexity index is 1530. The van der Waals surface area contributed by atoms with E-state index in [9.17, 15) is 15.3 Å². The van der Waals surface area contributed by atoms with Crippen molar-refractivity contribution in [2.45, 2.75) is 44.4 Å². The molecular weight excluding hydrogens is 602 g/mol. The van der Waals surface area contributed by atoms with Gasteiger partial charge in [0.15, 0.2) is 29.3 Å². The summed E-state index contributed by atoms with van der Waals surface area (Å²) in [7, 11) is 0. The summed E-state index contributed by atoms with van der Waals surface area (Å²) in [6.07, 6.45) is -2.48. The lowest BCUT2D eigenvalue weighted by Gasteiger charge is -2.26. The third kappa shape index (κ3) is 7.54. The zero-order chi connectivity index (χ0) is 32.5. The van der Waals surface area contributed by atoms with E-state index in [1.54, 1.807) is 9.47 Å². The summed E-state index contributed by atoms with van der Waals surface area (Å²) >= 11 is 0. The second-order valence-electron chi connectivity index (χ2n) is 10.6. The average molecular weight is 642 g/mol. The van der Waals surface area contributed by atoms with Gasteiger partial charge in [0.25, 0.3) is 6.47 Å². The number of carboxylic acid groups (broad SMARTS) is 1. The van der Waals surface area contributed by atoms with Gasteiger partial charge in [-0.2, -0.15) is 14.8 Å². The largest absolute Gasteiger partial charge is 0.483 e. The molecular formula is C28H39N11O7. The number of ether oxygens (including phenoxy) is 2. The van der Waals surface area contributed by atoms with E-state index >= 15 is 0 Å². The van der Waals surface area contributed by atoms with Gasteiger partial charge in [0, 0.05) is 32.7 Å². The third-order valence-corrected chi connectivity index (χ3v) is 7.72. The topological polar surface area (TPSA) is 222 Å². The van der Waals surface area contributed by atoms with Gasteiger partial charge in [-0.1, -0.05) is 30.3 Å². The number of rotatable bonds is 12. The Kier molecular flexibility index (Phi) is 11.3. The minimum atomic E-state index is -1.32. The molecule has 1 aromatic carbocycles. The van der Waals surface area contributed by atoms with Gasteiger partial charge < -0.3 is 40.1 Å². The molecule has 2 saturated heterocycles. The number of carbonyl (C=O) groups is 1. The number of aromatic nitrogens is 8. The highest BCUT2D eigenvalue weighted by Crippen LogP contribution is 2.39. The Morgan fingerprint density at radius 3 is 2.59 bits per heavy atom. The van der Waals surface area contributed by atoms with Crippen molar-refractivity contribution in [2.24, 2.45) is 0 Å².